The van der Waals surface area contributed by atoms with Crippen molar-refractivity contribution in [2.75, 3.05) is 6.61 Å². The van der Waals surface area contributed by atoms with Crippen LogP contribution < -0.4 is 5.73 Å². The van der Waals surface area contributed by atoms with Crippen LogP contribution in [-0.2, 0) is 14.3 Å². The van der Waals surface area contributed by atoms with Crippen molar-refractivity contribution < 1.29 is 14.3 Å². The van der Waals surface area contributed by atoms with Crippen molar-refractivity contribution in [2.24, 2.45) is 11.7 Å². The highest BCUT2D eigenvalue weighted by molar-refractivity contribution is 14.1. The molecule has 0 aromatic carbocycles. The number of ketones is 1. The van der Waals surface area contributed by atoms with Crippen LogP contribution in [0.15, 0.2) is 9.66 Å². The lowest BCUT2D eigenvalue weighted by Crippen LogP contribution is -2.25. The topological polar surface area (TPSA) is 69.4 Å². The summed E-state index contributed by atoms with van der Waals surface area (Å²) in [7, 11) is 0. The molecule has 4 nitrogen and oxygen atoms in total. The second-order valence-corrected chi connectivity index (χ2v) is 7.20. The van der Waals surface area contributed by atoms with Gasteiger partial charge in [0, 0.05) is 16.6 Å². The number of amides is 1. The van der Waals surface area contributed by atoms with Crippen LogP contribution in [0.3, 0.4) is 0 Å². The van der Waals surface area contributed by atoms with Gasteiger partial charge in [-0.25, -0.2) is 0 Å². The summed E-state index contributed by atoms with van der Waals surface area (Å²) >= 11 is 2.21. The van der Waals surface area contributed by atoms with Gasteiger partial charge in [-0.05, 0) is 47.9 Å². The Balaban J connectivity index is 2.29. The Kier molecular flexibility index (Phi) is 9.95. The van der Waals surface area contributed by atoms with Crippen LogP contribution in [0.4, 0.5) is 0 Å². The van der Waals surface area contributed by atoms with Crippen molar-refractivity contribution in [3.63, 3.8) is 0 Å². The van der Waals surface area contributed by atoms with Crippen LogP contribution in [0.2, 0.25) is 0 Å². The van der Waals surface area contributed by atoms with E-state index in [-0.39, 0.29) is 23.7 Å². The third-order valence-electron chi connectivity index (χ3n) is 4.02. The zero-order valence-corrected chi connectivity index (χ0v) is 15.6. The van der Waals surface area contributed by atoms with Crippen LogP contribution in [-0.4, -0.2) is 24.4 Å². The van der Waals surface area contributed by atoms with Gasteiger partial charge in [-0.2, -0.15) is 0 Å². The maximum atomic E-state index is 12.1. The lowest BCUT2D eigenvalue weighted by Gasteiger charge is -2.20. The SMILES string of the molecule is CCCCCCC[C@H]1C(=O)C=C(I)[C@@H]1OCCCCC(N)=O. The Morgan fingerprint density at radius 2 is 1.95 bits per heavy atom. The summed E-state index contributed by atoms with van der Waals surface area (Å²) in [6, 6.07) is 0. The first kappa shape index (κ1) is 19.6. The van der Waals surface area contributed by atoms with E-state index in [9.17, 15) is 9.59 Å². The van der Waals surface area contributed by atoms with Crippen molar-refractivity contribution in [1.29, 1.82) is 0 Å². The molecule has 0 unspecified atom stereocenters. The Hall–Kier alpha value is -0.430. The summed E-state index contributed by atoms with van der Waals surface area (Å²) in [4.78, 5) is 22.8. The third-order valence-corrected chi connectivity index (χ3v) is 4.94. The van der Waals surface area contributed by atoms with Gasteiger partial charge in [-0.15, -0.1) is 0 Å². The second kappa shape index (κ2) is 11.2. The molecule has 0 aromatic heterocycles. The molecule has 2 atom stereocenters. The maximum Gasteiger partial charge on any atom is 0.217 e. The van der Waals surface area contributed by atoms with Gasteiger partial charge in [0.2, 0.25) is 5.91 Å². The normalized spacial score (nSPS) is 21.2. The highest BCUT2D eigenvalue weighted by Crippen LogP contribution is 2.33. The number of carbonyl (C=O) groups excluding carboxylic acids is 2. The smallest absolute Gasteiger partial charge is 0.217 e. The van der Waals surface area contributed by atoms with Gasteiger partial charge in [0.25, 0.3) is 0 Å². The summed E-state index contributed by atoms with van der Waals surface area (Å²) in [5.74, 6) is -0.0674. The number of primary amides is 1. The first-order chi connectivity index (χ1) is 10.6. The molecule has 0 spiro atoms. The van der Waals surface area contributed by atoms with E-state index in [1.54, 1.807) is 6.08 Å². The number of ether oxygens (including phenoxy) is 1. The summed E-state index contributed by atoms with van der Waals surface area (Å²) < 4.78 is 6.92. The lowest BCUT2D eigenvalue weighted by atomic mass is 9.95. The average molecular weight is 421 g/mol. The maximum absolute atomic E-state index is 12.1. The first-order valence-electron chi connectivity index (χ1n) is 8.37. The zero-order chi connectivity index (χ0) is 16.4. The summed E-state index contributed by atoms with van der Waals surface area (Å²) in [5, 5.41) is 0. The largest absolute Gasteiger partial charge is 0.372 e. The molecule has 0 bridgehead atoms. The standard InChI is InChI=1S/C17H28INO3/c1-2-3-4-5-6-9-13-15(20)12-14(18)17(13)22-11-8-7-10-16(19)21/h12-13,17H,2-11H2,1H3,(H2,19,21)/t13-,17+/m0/s1. The molecule has 2 N–H and O–H groups in total. The molecule has 0 saturated heterocycles. The molecule has 1 aliphatic rings. The molecule has 1 rings (SSSR count). The first-order valence-corrected chi connectivity index (χ1v) is 9.45. The van der Waals surface area contributed by atoms with Crippen LogP contribution in [0.5, 0.6) is 0 Å². The highest BCUT2D eigenvalue weighted by Gasteiger charge is 2.35. The fourth-order valence-electron chi connectivity index (χ4n) is 2.74. The van der Waals surface area contributed by atoms with Gasteiger partial charge in [-0.1, -0.05) is 39.0 Å². The summed E-state index contributed by atoms with van der Waals surface area (Å²) in [6.45, 7) is 2.78. The number of allylic oxidation sites excluding steroid dienone is 1. The monoisotopic (exact) mass is 421 g/mol. The fourth-order valence-corrected chi connectivity index (χ4v) is 3.66. The molecule has 0 heterocycles. The van der Waals surface area contributed by atoms with Gasteiger partial charge in [0.1, 0.15) is 0 Å². The quantitative estimate of drug-likeness (QED) is 0.384. The molecule has 1 aliphatic carbocycles. The molecule has 5 heteroatoms. The summed E-state index contributed by atoms with van der Waals surface area (Å²) in [5.41, 5.74) is 5.11. The number of carbonyl (C=O) groups is 2. The second-order valence-electron chi connectivity index (χ2n) is 5.96. The third kappa shape index (κ3) is 7.22. The minimum Gasteiger partial charge on any atom is -0.372 e. The molecule has 0 fully saturated rings. The van der Waals surface area contributed by atoms with Gasteiger partial charge < -0.3 is 10.5 Å². The van der Waals surface area contributed by atoms with Crippen molar-refractivity contribution in [2.45, 2.75) is 70.8 Å². The molecule has 1 amide bonds. The van der Waals surface area contributed by atoms with Gasteiger partial charge in [0.15, 0.2) is 5.78 Å². The molecule has 0 aromatic rings. The van der Waals surface area contributed by atoms with Crippen molar-refractivity contribution in [3.8, 4) is 0 Å². The molecule has 22 heavy (non-hydrogen) atoms. The number of hydrogen-bond donors (Lipinski definition) is 1. The Labute approximate surface area is 147 Å². The molecule has 0 aliphatic heterocycles. The Morgan fingerprint density at radius 3 is 2.64 bits per heavy atom. The zero-order valence-electron chi connectivity index (χ0n) is 13.5. The van der Waals surface area contributed by atoms with E-state index in [1.807, 2.05) is 0 Å². The van der Waals surface area contributed by atoms with Gasteiger partial charge >= 0.3 is 0 Å². The number of rotatable bonds is 12. The van der Waals surface area contributed by atoms with Crippen LogP contribution >= 0.6 is 22.6 Å². The lowest BCUT2D eigenvalue weighted by molar-refractivity contribution is -0.120. The van der Waals surface area contributed by atoms with Crippen molar-refractivity contribution in [1.82, 2.24) is 0 Å². The number of halogens is 1. The molecule has 0 radical (unpaired) electrons. The van der Waals surface area contributed by atoms with Crippen molar-refractivity contribution in [3.05, 3.63) is 9.66 Å². The fraction of sp³-hybridized carbons (Fsp3) is 0.765. The number of hydrogen-bond acceptors (Lipinski definition) is 3. The average Bonchev–Trinajstić information content (AvgIpc) is 2.72. The van der Waals surface area contributed by atoms with Crippen LogP contribution in [0.1, 0.15) is 64.7 Å². The van der Waals surface area contributed by atoms with Crippen molar-refractivity contribution >= 4 is 34.3 Å². The van der Waals surface area contributed by atoms with E-state index in [0.717, 1.165) is 29.3 Å². The minimum atomic E-state index is -0.268. The van der Waals surface area contributed by atoms with E-state index in [1.165, 1.54) is 25.7 Å². The predicted octanol–water partition coefficient (Wildman–Crippen LogP) is 3.91. The predicted molar refractivity (Wildman–Crippen MR) is 96.8 cm³/mol. The molecular weight excluding hydrogens is 393 g/mol. The Bertz CT molecular complexity index is 395. The van der Waals surface area contributed by atoms with Gasteiger partial charge in [-0.3, -0.25) is 9.59 Å². The summed E-state index contributed by atoms with van der Waals surface area (Å²) in [6.07, 6.45) is 10.6. The van der Waals surface area contributed by atoms with E-state index < -0.39 is 0 Å². The van der Waals surface area contributed by atoms with Gasteiger partial charge in [0.05, 0.1) is 12.0 Å². The molecular formula is C17H28INO3. The molecule has 0 saturated carbocycles. The van der Waals surface area contributed by atoms with E-state index in [2.05, 4.69) is 29.5 Å². The van der Waals surface area contributed by atoms with E-state index >= 15 is 0 Å². The Morgan fingerprint density at radius 1 is 1.23 bits per heavy atom. The number of nitrogens with two attached hydrogens (primary N) is 1. The van der Waals surface area contributed by atoms with Crippen LogP contribution in [0.25, 0.3) is 0 Å². The number of unbranched alkanes of at least 4 members (excludes halogenated alkanes) is 5. The van der Waals surface area contributed by atoms with Crippen LogP contribution in [0, 0.1) is 5.92 Å². The minimum absolute atomic E-state index is 0.00957. The van der Waals surface area contributed by atoms with E-state index in [4.69, 9.17) is 10.5 Å². The molecule has 126 valence electrons. The van der Waals surface area contributed by atoms with E-state index in [0.29, 0.717) is 13.0 Å². The highest BCUT2D eigenvalue weighted by atomic mass is 127.